The summed E-state index contributed by atoms with van der Waals surface area (Å²) in [6, 6.07) is 4.11. The van der Waals surface area contributed by atoms with E-state index in [0.717, 1.165) is 4.88 Å². The van der Waals surface area contributed by atoms with E-state index in [2.05, 4.69) is 6.07 Å². The summed E-state index contributed by atoms with van der Waals surface area (Å²) in [5, 5.41) is 8.50. The summed E-state index contributed by atoms with van der Waals surface area (Å²) in [7, 11) is 0. The molecule has 0 saturated carbocycles. The molecular weight excluding hydrogens is 192 g/mol. The molecule has 0 unspecified atom stereocenters. The van der Waals surface area contributed by atoms with Gasteiger partial charge in [0.2, 0.25) is 0 Å². The fourth-order valence-corrected chi connectivity index (χ4v) is 2.96. The lowest BCUT2D eigenvalue weighted by molar-refractivity contribution is 0.697. The first kappa shape index (κ1) is 9.29. The fraction of sp³-hybridized carbons (Fsp3) is 0.364. The SMILES string of the molecule is N#CC=C(N)c1cc2c(s1)CCCC2. The summed E-state index contributed by atoms with van der Waals surface area (Å²) in [5.74, 6) is 0. The Bertz CT molecular complexity index is 386. The minimum atomic E-state index is 0.604. The Labute approximate surface area is 87.7 Å². The van der Waals surface area contributed by atoms with Gasteiger partial charge in [-0.05, 0) is 37.3 Å². The van der Waals surface area contributed by atoms with Crippen LogP contribution in [-0.2, 0) is 12.8 Å². The van der Waals surface area contributed by atoms with E-state index >= 15 is 0 Å². The summed E-state index contributed by atoms with van der Waals surface area (Å²) in [5.41, 5.74) is 7.81. The number of nitrogens with zero attached hydrogens (tertiary/aromatic N) is 1. The zero-order valence-electron chi connectivity index (χ0n) is 7.92. The van der Waals surface area contributed by atoms with Crippen molar-refractivity contribution < 1.29 is 0 Å². The summed E-state index contributed by atoms with van der Waals surface area (Å²) < 4.78 is 0. The Morgan fingerprint density at radius 1 is 1.50 bits per heavy atom. The van der Waals surface area contributed by atoms with E-state index in [4.69, 9.17) is 11.0 Å². The van der Waals surface area contributed by atoms with Crippen LogP contribution < -0.4 is 5.73 Å². The van der Waals surface area contributed by atoms with Crippen LogP contribution in [0.4, 0.5) is 0 Å². The highest BCUT2D eigenvalue weighted by molar-refractivity contribution is 7.13. The molecule has 72 valence electrons. The highest BCUT2D eigenvalue weighted by Gasteiger charge is 2.13. The summed E-state index contributed by atoms with van der Waals surface area (Å²) >= 11 is 1.74. The van der Waals surface area contributed by atoms with Crippen molar-refractivity contribution in [3.63, 3.8) is 0 Å². The maximum atomic E-state index is 8.50. The van der Waals surface area contributed by atoms with Gasteiger partial charge in [-0.3, -0.25) is 0 Å². The first-order valence-corrected chi connectivity index (χ1v) is 5.60. The molecule has 0 saturated heterocycles. The monoisotopic (exact) mass is 204 g/mol. The summed E-state index contributed by atoms with van der Waals surface area (Å²) in [4.78, 5) is 2.51. The van der Waals surface area contributed by atoms with Crippen LogP contribution in [0.3, 0.4) is 0 Å². The third-order valence-corrected chi connectivity index (χ3v) is 3.79. The van der Waals surface area contributed by atoms with Crippen LogP contribution in [-0.4, -0.2) is 0 Å². The number of nitrogens with two attached hydrogens (primary N) is 1. The van der Waals surface area contributed by atoms with Crippen LogP contribution in [0.2, 0.25) is 0 Å². The number of nitriles is 1. The van der Waals surface area contributed by atoms with Crippen molar-refractivity contribution in [2.45, 2.75) is 25.7 Å². The molecule has 0 radical (unpaired) electrons. The van der Waals surface area contributed by atoms with Gasteiger partial charge in [-0.1, -0.05) is 0 Å². The zero-order valence-corrected chi connectivity index (χ0v) is 8.73. The zero-order chi connectivity index (χ0) is 9.97. The number of fused-ring (bicyclic) bond motifs is 1. The van der Waals surface area contributed by atoms with E-state index < -0.39 is 0 Å². The van der Waals surface area contributed by atoms with Gasteiger partial charge >= 0.3 is 0 Å². The Balaban J connectivity index is 2.34. The molecule has 0 aliphatic heterocycles. The first-order chi connectivity index (χ1) is 6.81. The average molecular weight is 204 g/mol. The van der Waals surface area contributed by atoms with E-state index in [9.17, 15) is 0 Å². The highest BCUT2D eigenvalue weighted by atomic mass is 32.1. The van der Waals surface area contributed by atoms with Gasteiger partial charge < -0.3 is 5.73 Å². The number of hydrogen-bond acceptors (Lipinski definition) is 3. The van der Waals surface area contributed by atoms with Crippen molar-refractivity contribution in [1.82, 2.24) is 0 Å². The molecule has 3 heteroatoms. The molecule has 2 nitrogen and oxygen atoms in total. The Morgan fingerprint density at radius 3 is 3.00 bits per heavy atom. The van der Waals surface area contributed by atoms with Gasteiger partial charge in [-0.25, -0.2) is 0 Å². The molecule has 1 aliphatic carbocycles. The van der Waals surface area contributed by atoms with Crippen molar-refractivity contribution >= 4 is 17.0 Å². The Kier molecular flexibility index (Phi) is 2.55. The largest absolute Gasteiger partial charge is 0.397 e. The Hall–Kier alpha value is -1.27. The maximum absolute atomic E-state index is 8.50. The second-order valence-electron chi connectivity index (χ2n) is 3.49. The lowest BCUT2D eigenvalue weighted by Gasteiger charge is -2.08. The molecule has 14 heavy (non-hydrogen) atoms. The molecule has 0 amide bonds. The van der Waals surface area contributed by atoms with Crippen molar-refractivity contribution in [2.24, 2.45) is 5.73 Å². The van der Waals surface area contributed by atoms with Crippen LogP contribution in [0.15, 0.2) is 12.1 Å². The van der Waals surface area contributed by atoms with E-state index in [1.807, 2.05) is 6.07 Å². The standard InChI is InChI=1S/C11H12N2S/c12-6-5-9(13)11-7-8-3-1-2-4-10(8)14-11/h5,7H,1-4,13H2. The predicted octanol–water partition coefficient (Wildman–Crippen LogP) is 2.45. The molecule has 1 aromatic rings. The average Bonchev–Trinajstić information content (AvgIpc) is 2.61. The number of rotatable bonds is 1. The summed E-state index contributed by atoms with van der Waals surface area (Å²) in [6.07, 6.45) is 6.34. The molecule has 1 aromatic heterocycles. The lowest BCUT2D eigenvalue weighted by atomic mass is 9.99. The van der Waals surface area contributed by atoms with Crippen molar-refractivity contribution in [2.75, 3.05) is 0 Å². The third-order valence-electron chi connectivity index (χ3n) is 2.50. The molecule has 0 atom stereocenters. The normalized spacial score (nSPS) is 16.1. The molecular formula is C11H12N2S. The minimum Gasteiger partial charge on any atom is -0.397 e. The maximum Gasteiger partial charge on any atom is 0.0934 e. The second-order valence-corrected chi connectivity index (χ2v) is 4.63. The number of thiophene rings is 1. The lowest BCUT2D eigenvalue weighted by Crippen LogP contribution is -1.96. The predicted molar refractivity (Wildman–Crippen MR) is 58.7 cm³/mol. The molecule has 0 fully saturated rings. The van der Waals surface area contributed by atoms with Crippen LogP contribution >= 0.6 is 11.3 Å². The van der Waals surface area contributed by atoms with Gasteiger partial charge in [-0.2, -0.15) is 5.26 Å². The highest BCUT2D eigenvalue weighted by Crippen LogP contribution is 2.31. The van der Waals surface area contributed by atoms with Crippen LogP contribution in [0, 0.1) is 11.3 Å². The second kappa shape index (κ2) is 3.85. The number of allylic oxidation sites excluding steroid dienone is 1. The molecule has 2 N–H and O–H groups in total. The van der Waals surface area contributed by atoms with Crippen molar-refractivity contribution in [3.8, 4) is 6.07 Å². The van der Waals surface area contributed by atoms with Gasteiger partial charge in [0, 0.05) is 11.0 Å². The van der Waals surface area contributed by atoms with Gasteiger partial charge in [0.15, 0.2) is 0 Å². The van der Waals surface area contributed by atoms with E-state index in [1.54, 1.807) is 11.3 Å². The quantitative estimate of drug-likeness (QED) is 0.714. The first-order valence-electron chi connectivity index (χ1n) is 4.78. The smallest absolute Gasteiger partial charge is 0.0934 e. The number of hydrogen-bond donors (Lipinski definition) is 1. The summed E-state index contributed by atoms with van der Waals surface area (Å²) in [6.45, 7) is 0. The van der Waals surface area contributed by atoms with Crippen LogP contribution in [0.25, 0.3) is 5.70 Å². The molecule has 0 aromatic carbocycles. The number of aryl methyl sites for hydroxylation is 2. The van der Waals surface area contributed by atoms with Gasteiger partial charge in [-0.15, -0.1) is 11.3 Å². The molecule has 1 aliphatic rings. The van der Waals surface area contributed by atoms with Crippen LogP contribution in [0.5, 0.6) is 0 Å². The molecule has 2 rings (SSSR count). The fourth-order valence-electron chi connectivity index (χ4n) is 1.77. The van der Waals surface area contributed by atoms with Crippen LogP contribution in [0.1, 0.15) is 28.2 Å². The molecule has 0 bridgehead atoms. The van der Waals surface area contributed by atoms with E-state index in [1.165, 1.54) is 42.2 Å². The van der Waals surface area contributed by atoms with Gasteiger partial charge in [0.05, 0.1) is 16.6 Å². The van der Waals surface area contributed by atoms with Crippen molar-refractivity contribution in [1.29, 1.82) is 5.26 Å². The van der Waals surface area contributed by atoms with Crippen molar-refractivity contribution in [3.05, 3.63) is 27.5 Å². The van der Waals surface area contributed by atoms with Gasteiger partial charge in [0.25, 0.3) is 0 Å². The topological polar surface area (TPSA) is 49.8 Å². The Morgan fingerprint density at radius 2 is 2.29 bits per heavy atom. The van der Waals surface area contributed by atoms with E-state index in [0.29, 0.717) is 5.70 Å². The minimum absolute atomic E-state index is 0.604. The van der Waals surface area contributed by atoms with E-state index in [-0.39, 0.29) is 0 Å². The molecule has 0 spiro atoms. The molecule has 1 heterocycles. The van der Waals surface area contributed by atoms with Gasteiger partial charge in [0.1, 0.15) is 0 Å². The third kappa shape index (κ3) is 1.66.